The van der Waals surface area contributed by atoms with Gasteiger partial charge in [0.25, 0.3) is 0 Å². The normalized spacial score (nSPS) is 11.6. The quantitative estimate of drug-likeness (QED) is 0.532. The Bertz CT molecular complexity index is 817. The van der Waals surface area contributed by atoms with E-state index in [4.69, 9.17) is 9.47 Å². The standard InChI is InChI=1S/C22H25NO5/c1-15(2)21(23-20(25)13-16-9-5-4-6-10-16)22(26)28-14-18(24)17-11-7-8-12-19(17)27-3/h4-12,15,21H,13-14H2,1-3H3,(H,23,25)/t21-/m0/s1. The minimum atomic E-state index is -0.832. The molecular weight excluding hydrogens is 358 g/mol. The average Bonchev–Trinajstić information content (AvgIpc) is 2.70. The highest BCUT2D eigenvalue weighted by Crippen LogP contribution is 2.18. The molecule has 0 heterocycles. The molecule has 0 aliphatic heterocycles. The van der Waals surface area contributed by atoms with Crippen LogP contribution in [0.1, 0.15) is 29.8 Å². The zero-order valence-electron chi connectivity index (χ0n) is 16.3. The van der Waals surface area contributed by atoms with E-state index in [-0.39, 0.29) is 24.0 Å². The molecule has 0 saturated heterocycles. The van der Waals surface area contributed by atoms with Crippen LogP contribution in [0.4, 0.5) is 0 Å². The molecular formula is C22H25NO5. The van der Waals surface area contributed by atoms with Gasteiger partial charge in [0.15, 0.2) is 6.61 Å². The lowest BCUT2D eigenvalue weighted by atomic mass is 10.0. The Kier molecular flexibility index (Phi) is 7.75. The maximum atomic E-state index is 12.4. The summed E-state index contributed by atoms with van der Waals surface area (Å²) in [5.74, 6) is -1.06. The van der Waals surface area contributed by atoms with E-state index in [1.54, 1.807) is 38.1 Å². The van der Waals surface area contributed by atoms with Crippen molar-refractivity contribution >= 4 is 17.7 Å². The molecule has 0 bridgehead atoms. The van der Waals surface area contributed by atoms with Crippen LogP contribution in [0, 0.1) is 5.92 Å². The van der Waals surface area contributed by atoms with Crippen LogP contribution >= 0.6 is 0 Å². The fourth-order valence-corrected chi connectivity index (χ4v) is 2.68. The number of amides is 1. The molecule has 0 fully saturated rings. The molecule has 1 amide bonds. The van der Waals surface area contributed by atoms with E-state index < -0.39 is 18.6 Å². The topological polar surface area (TPSA) is 81.7 Å². The number of carbonyl (C=O) groups is 3. The monoisotopic (exact) mass is 383 g/mol. The minimum absolute atomic E-state index is 0.164. The summed E-state index contributed by atoms with van der Waals surface area (Å²) in [5, 5.41) is 2.70. The summed E-state index contributed by atoms with van der Waals surface area (Å²) in [6.45, 7) is 3.19. The van der Waals surface area contributed by atoms with E-state index in [1.165, 1.54) is 7.11 Å². The molecule has 0 radical (unpaired) electrons. The van der Waals surface area contributed by atoms with Gasteiger partial charge in [0.1, 0.15) is 11.8 Å². The first-order valence-electron chi connectivity index (χ1n) is 9.08. The zero-order valence-corrected chi connectivity index (χ0v) is 16.3. The molecule has 148 valence electrons. The third-order valence-corrected chi connectivity index (χ3v) is 4.20. The lowest BCUT2D eigenvalue weighted by Gasteiger charge is -2.21. The van der Waals surface area contributed by atoms with Gasteiger partial charge in [0.2, 0.25) is 11.7 Å². The molecule has 2 rings (SSSR count). The molecule has 1 atom stereocenters. The van der Waals surface area contributed by atoms with Gasteiger partial charge in [0, 0.05) is 0 Å². The maximum Gasteiger partial charge on any atom is 0.329 e. The van der Waals surface area contributed by atoms with Crippen LogP contribution in [-0.2, 0) is 20.7 Å². The largest absolute Gasteiger partial charge is 0.496 e. The molecule has 0 aliphatic rings. The summed E-state index contributed by atoms with van der Waals surface area (Å²) in [6.07, 6.45) is 0.164. The van der Waals surface area contributed by atoms with Gasteiger partial charge in [-0.05, 0) is 23.6 Å². The average molecular weight is 383 g/mol. The van der Waals surface area contributed by atoms with Crippen LogP contribution in [0.2, 0.25) is 0 Å². The van der Waals surface area contributed by atoms with Crippen molar-refractivity contribution in [3.05, 3.63) is 65.7 Å². The third-order valence-electron chi connectivity index (χ3n) is 4.20. The number of carbonyl (C=O) groups excluding carboxylic acids is 3. The molecule has 2 aromatic rings. The second-order valence-corrected chi connectivity index (χ2v) is 6.68. The second kappa shape index (κ2) is 10.3. The molecule has 0 unspecified atom stereocenters. The van der Waals surface area contributed by atoms with Gasteiger partial charge in [-0.3, -0.25) is 9.59 Å². The number of para-hydroxylation sites is 1. The molecule has 0 saturated carbocycles. The van der Waals surface area contributed by atoms with Crippen LogP contribution in [0.25, 0.3) is 0 Å². The van der Waals surface area contributed by atoms with Gasteiger partial charge in [0.05, 0.1) is 19.1 Å². The van der Waals surface area contributed by atoms with Crippen LogP contribution < -0.4 is 10.1 Å². The molecule has 0 spiro atoms. The molecule has 28 heavy (non-hydrogen) atoms. The summed E-state index contributed by atoms with van der Waals surface area (Å²) in [6, 6.07) is 15.1. The van der Waals surface area contributed by atoms with E-state index in [0.29, 0.717) is 11.3 Å². The van der Waals surface area contributed by atoms with Crippen molar-refractivity contribution in [2.45, 2.75) is 26.3 Å². The van der Waals surface area contributed by atoms with Crippen molar-refractivity contribution in [1.82, 2.24) is 5.32 Å². The van der Waals surface area contributed by atoms with Crippen molar-refractivity contribution < 1.29 is 23.9 Å². The highest BCUT2D eigenvalue weighted by atomic mass is 16.5. The fraction of sp³-hybridized carbons (Fsp3) is 0.318. The molecule has 2 aromatic carbocycles. The van der Waals surface area contributed by atoms with Crippen LogP contribution in [0.15, 0.2) is 54.6 Å². The molecule has 6 heteroatoms. The van der Waals surface area contributed by atoms with Crippen molar-refractivity contribution in [1.29, 1.82) is 0 Å². The number of rotatable bonds is 9. The highest BCUT2D eigenvalue weighted by Gasteiger charge is 2.26. The van der Waals surface area contributed by atoms with E-state index in [1.807, 2.05) is 30.3 Å². The number of benzene rings is 2. The lowest BCUT2D eigenvalue weighted by Crippen LogP contribution is -2.46. The fourth-order valence-electron chi connectivity index (χ4n) is 2.68. The number of esters is 1. The number of ketones is 1. The molecule has 1 N–H and O–H groups in total. The number of nitrogens with one attached hydrogen (secondary N) is 1. The van der Waals surface area contributed by atoms with E-state index in [2.05, 4.69) is 5.32 Å². The minimum Gasteiger partial charge on any atom is -0.496 e. The van der Waals surface area contributed by atoms with Gasteiger partial charge in [-0.25, -0.2) is 4.79 Å². The van der Waals surface area contributed by atoms with Crippen LogP contribution in [-0.4, -0.2) is 37.4 Å². The predicted octanol–water partition coefficient (Wildman–Crippen LogP) is 2.80. The first-order valence-corrected chi connectivity index (χ1v) is 9.08. The zero-order chi connectivity index (χ0) is 20.5. The van der Waals surface area contributed by atoms with Gasteiger partial charge >= 0.3 is 5.97 Å². The third kappa shape index (κ3) is 5.94. The molecule has 0 aromatic heterocycles. The Balaban J connectivity index is 1.95. The van der Waals surface area contributed by atoms with Crippen molar-refractivity contribution in [3.63, 3.8) is 0 Å². The van der Waals surface area contributed by atoms with Gasteiger partial charge < -0.3 is 14.8 Å². The smallest absolute Gasteiger partial charge is 0.329 e. The van der Waals surface area contributed by atoms with Crippen LogP contribution in [0.5, 0.6) is 5.75 Å². The SMILES string of the molecule is COc1ccccc1C(=O)COC(=O)[C@@H](NC(=O)Cc1ccccc1)C(C)C. The Morgan fingerprint density at radius 1 is 0.964 bits per heavy atom. The van der Waals surface area contributed by atoms with Crippen LogP contribution in [0.3, 0.4) is 0 Å². The van der Waals surface area contributed by atoms with Gasteiger partial charge in [-0.2, -0.15) is 0 Å². The maximum absolute atomic E-state index is 12.4. The summed E-state index contributed by atoms with van der Waals surface area (Å²) in [4.78, 5) is 37.1. The predicted molar refractivity (Wildman–Crippen MR) is 105 cm³/mol. The van der Waals surface area contributed by atoms with Crippen molar-refractivity contribution in [2.75, 3.05) is 13.7 Å². The van der Waals surface area contributed by atoms with E-state index in [9.17, 15) is 14.4 Å². The number of hydrogen-bond donors (Lipinski definition) is 1. The van der Waals surface area contributed by atoms with Gasteiger partial charge in [-0.15, -0.1) is 0 Å². The van der Waals surface area contributed by atoms with E-state index >= 15 is 0 Å². The summed E-state index contributed by atoms with van der Waals surface area (Å²) in [5.41, 5.74) is 1.19. The first-order chi connectivity index (χ1) is 13.4. The Hall–Kier alpha value is -3.15. The van der Waals surface area contributed by atoms with Crippen molar-refractivity contribution in [3.8, 4) is 5.75 Å². The number of Topliss-reactive ketones (excluding diaryl/α,β-unsaturated/α-hetero) is 1. The molecule has 0 aliphatic carbocycles. The van der Waals surface area contributed by atoms with E-state index in [0.717, 1.165) is 5.56 Å². The Morgan fingerprint density at radius 2 is 1.61 bits per heavy atom. The number of methoxy groups -OCH3 is 1. The Labute approximate surface area is 164 Å². The second-order valence-electron chi connectivity index (χ2n) is 6.68. The number of ether oxygens (including phenoxy) is 2. The van der Waals surface area contributed by atoms with Crippen molar-refractivity contribution in [2.24, 2.45) is 5.92 Å². The summed E-state index contributed by atoms with van der Waals surface area (Å²) in [7, 11) is 1.47. The summed E-state index contributed by atoms with van der Waals surface area (Å²) < 4.78 is 10.3. The highest BCUT2D eigenvalue weighted by molar-refractivity contribution is 6.00. The Morgan fingerprint density at radius 3 is 2.25 bits per heavy atom. The summed E-state index contributed by atoms with van der Waals surface area (Å²) >= 11 is 0. The molecule has 6 nitrogen and oxygen atoms in total. The lowest BCUT2D eigenvalue weighted by molar-refractivity contribution is -0.148. The first kappa shape index (κ1) is 21.2. The van der Waals surface area contributed by atoms with Gasteiger partial charge in [-0.1, -0.05) is 56.3 Å². The number of hydrogen-bond acceptors (Lipinski definition) is 5.